The minimum Gasteiger partial charge on any atom is -0.464 e. The Morgan fingerprint density at radius 1 is 1.05 bits per heavy atom. The van der Waals surface area contributed by atoms with E-state index < -0.39 is 0 Å². The van der Waals surface area contributed by atoms with Gasteiger partial charge in [0.1, 0.15) is 0 Å². The third-order valence-electron chi connectivity index (χ3n) is 3.29. The number of hydrogen-bond donors (Lipinski definition) is 2. The molecule has 0 aliphatic carbocycles. The topological polar surface area (TPSA) is 72.0 Å². The van der Waals surface area contributed by atoms with E-state index in [9.17, 15) is 0 Å². The largest absolute Gasteiger partial charge is 0.464 e. The zero-order valence-corrected chi connectivity index (χ0v) is 14.0. The minimum absolute atomic E-state index is 0.216. The molecule has 120 valence electrons. The third kappa shape index (κ3) is 6.60. The molecule has 0 fully saturated rings. The Morgan fingerprint density at radius 2 is 1.76 bits per heavy atom. The standard InChI is InChI=1S/C15H29N5O/c1-6-8-9-10-15(3,4)11-17-13-18-12(16-5)19-14(20-13)21-7-2/h6-11H2,1-5H3,(H2,16,17,18,19,20). The highest BCUT2D eigenvalue weighted by molar-refractivity contribution is 5.35. The van der Waals surface area contributed by atoms with E-state index in [-0.39, 0.29) is 5.41 Å². The number of nitrogens with zero attached hydrogens (tertiary/aromatic N) is 3. The molecule has 0 aliphatic rings. The van der Waals surface area contributed by atoms with Crippen LogP contribution in [0.1, 0.15) is 53.4 Å². The van der Waals surface area contributed by atoms with E-state index in [1.54, 1.807) is 7.05 Å². The first-order valence-corrected chi connectivity index (χ1v) is 7.81. The van der Waals surface area contributed by atoms with Crippen LogP contribution in [-0.2, 0) is 0 Å². The molecule has 0 aliphatic heterocycles. The fourth-order valence-corrected chi connectivity index (χ4v) is 2.00. The van der Waals surface area contributed by atoms with Crippen LogP contribution in [0.15, 0.2) is 0 Å². The molecular weight excluding hydrogens is 266 g/mol. The molecule has 0 spiro atoms. The second-order valence-corrected chi connectivity index (χ2v) is 5.92. The number of ether oxygens (including phenoxy) is 1. The molecule has 6 heteroatoms. The molecule has 1 heterocycles. The third-order valence-corrected chi connectivity index (χ3v) is 3.29. The highest BCUT2D eigenvalue weighted by Gasteiger charge is 2.18. The van der Waals surface area contributed by atoms with Gasteiger partial charge in [-0.3, -0.25) is 0 Å². The van der Waals surface area contributed by atoms with Gasteiger partial charge in [-0.15, -0.1) is 0 Å². The van der Waals surface area contributed by atoms with Gasteiger partial charge in [-0.1, -0.05) is 40.0 Å². The molecule has 0 unspecified atom stereocenters. The average Bonchev–Trinajstić information content (AvgIpc) is 2.45. The second-order valence-electron chi connectivity index (χ2n) is 5.92. The van der Waals surface area contributed by atoms with Gasteiger partial charge < -0.3 is 15.4 Å². The van der Waals surface area contributed by atoms with Gasteiger partial charge in [-0.25, -0.2) is 0 Å². The Balaban J connectivity index is 2.62. The van der Waals surface area contributed by atoms with E-state index in [2.05, 4.69) is 46.4 Å². The summed E-state index contributed by atoms with van der Waals surface area (Å²) in [4.78, 5) is 12.7. The molecule has 0 saturated heterocycles. The summed E-state index contributed by atoms with van der Waals surface area (Å²) in [7, 11) is 1.78. The Kier molecular flexibility index (Phi) is 7.19. The van der Waals surface area contributed by atoms with Crippen molar-refractivity contribution in [2.24, 2.45) is 5.41 Å². The maximum absolute atomic E-state index is 5.36. The van der Waals surface area contributed by atoms with Gasteiger partial charge in [0.25, 0.3) is 0 Å². The van der Waals surface area contributed by atoms with Crippen molar-refractivity contribution in [3.05, 3.63) is 0 Å². The number of hydrogen-bond acceptors (Lipinski definition) is 6. The van der Waals surface area contributed by atoms with Crippen molar-refractivity contribution in [2.75, 3.05) is 30.8 Å². The van der Waals surface area contributed by atoms with Crippen molar-refractivity contribution in [1.82, 2.24) is 15.0 Å². The van der Waals surface area contributed by atoms with E-state index in [1.807, 2.05) is 6.92 Å². The van der Waals surface area contributed by atoms with Crippen LogP contribution >= 0.6 is 0 Å². The first-order chi connectivity index (χ1) is 10.0. The zero-order chi connectivity index (χ0) is 15.7. The summed E-state index contributed by atoms with van der Waals surface area (Å²) in [5.74, 6) is 1.07. The fraction of sp³-hybridized carbons (Fsp3) is 0.800. The van der Waals surface area contributed by atoms with Crippen LogP contribution in [0.25, 0.3) is 0 Å². The zero-order valence-electron chi connectivity index (χ0n) is 14.0. The first kappa shape index (κ1) is 17.5. The number of unbranched alkanes of at least 4 members (excludes halogenated alkanes) is 2. The molecule has 0 saturated carbocycles. The maximum atomic E-state index is 5.36. The Bertz CT molecular complexity index is 423. The summed E-state index contributed by atoms with van der Waals surface area (Å²) >= 11 is 0. The van der Waals surface area contributed by atoms with Crippen molar-refractivity contribution in [3.8, 4) is 6.01 Å². The highest BCUT2D eigenvalue weighted by atomic mass is 16.5. The van der Waals surface area contributed by atoms with Crippen LogP contribution in [-0.4, -0.2) is 35.2 Å². The lowest BCUT2D eigenvalue weighted by Crippen LogP contribution is -2.24. The van der Waals surface area contributed by atoms with Crippen LogP contribution < -0.4 is 15.4 Å². The predicted molar refractivity (Wildman–Crippen MR) is 87.0 cm³/mol. The molecule has 0 radical (unpaired) electrons. The van der Waals surface area contributed by atoms with Crippen LogP contribution in [0.2, 0.25) is 0 Å². The van der Waals surface area contributed by atoms with Gasteiger partial charge in [-0.05, 0) is 18.8 Å². The number of nitrogens with one attached hydrogen (secondary N) is 2. The fourth-order valence-electron chi connectivity index (χ4n) is 2.00. The van der Waals surface area contributed by atoms with Crippen molar-refractivity contribution in [2.45, 2.75) is 53.4 Å². The molecule has 0 amide bonds. The monoisotopic (exact) mass is 295 g/mol. The molecule has 0 aromatic carbocycles. The first-order valence-electron chi connectivity index (χ1n) is 7.81. The molecule has 1 aromatic heterocycles. The second kappa shape index (κ2) is 8.64. The minimum atomic E-state index is 0.216. The highest BCUT2D eigenvalue weighted by Crippen LogP contribution is 2.24. The lowest BCUT2D eigenvalue weighted by atomic mass is 9.87. The number of anilines is 2. The summed E-state index contributed by atoms with van der Waals surface area (Å²) in [5.41, 5.74) is 0.216. The maximum Gasteiger partial charge on any atom is 0.323 e. The Labute approximate surface area is 128 Å². The van der Waals surface area contributed by atoms with Crippen molar-refractivity contribution in [1.29, 1.82) is 0 Å². The molecule has 6 nitrogen and oxygen atoms in total. The smallest absolute Gasteiger partial charge is 0.323 e. The van der Waals surface area contributed by atoms with Crippen LogP contribution in [0, 0.1) is 5.41 Å². The van der Waals surface area contributed by atoms with E-state index in [0.717, 1.165) is 6.54 Å². The summed E-state index contributed by atoms with van der Waals surface area (Å²) in [5, 5.41) is 6.23. The van der Waals surface area contributed by atoms with E-state index in [1.165, 1.54) is 25.7 Å². The van der Waals surface area contributed by atoms with Gasteiger partial charge in [0.05, 0.1) is 6.61 Å². The van der Waals surface area contributed by atoms with E-state index >= 15 is 0 Å². The summed E-state index contributed by atoms with van der Waals surface area (Å²) in [6, 6.07) is 0.350. The molecule has 0 atom stereocenters. The van der Waals surface area contributed by atoms with Gasteiger partial charge in [0.15, 0.2) is 0 Å². The van der Waals surface area contributed by atoms with Crippen LogP contribution in [0.3, 0.4) is 0 Å². The van der Waals surface area contributed by atoms with Gasteiger partial charge in [-0.2, -0.15) is 15.0 Å². The summed E-state index contributed by atoms with van der Waals surface area (Å²) < 4.78 is 5.36. The summed E-state index contributed by atoms with van der Waals surface area (Å²) in [6.07, 6.45) is 4.98. The van der Waals surface area contributed by atoms with Crippen LogP contribution in [0.4, 0.5) is 11.9 Å². The molecular formula is C15H29N5O. The van der Waals surface area contributed by atoms with Crippen LogP contribution in [0.5, 0.6) is 6.01 Å². The Morgan fingerprint density at radius 3 is 2.38 bits per heavy atom. The lowest BCUT2D eigenvalue weighted by molar-refractivity contribution is 0.311. The van der Waals surface area contributed by atoms with E-state index in [4.69, 9.17) is 4.74 Å². The molecule has 2 N–H and O–H groups in total. The average molecular weight is 295 g/mol. The van der Waals surface area contributed by atoms with Crippen molar-refractivity contribution >= 4 is 11.9 Å². The van der Waals surface area contributed by atoms with Crippen molar-refractivity contribution in [3.63, 3.8) is 0 Å². The number of rotatable bonds is 10. The van der Waals surface area contributed by atoms with Gasteiger partial charge in [0, 0.05) is 13.6 Å². The quantitative estimate of drug-likeness (QED) is 0.645. The SMILES string of the molecule is CCCCCC(C)(C)CNc1nc(NC)nc(OCC)n1. The van der Waals surface area contributed by atoms with Gasteiger partial charge >= 0.3 is 6.01 Å². The normalized spacial score (nSPS) is 11.3. The number of aromatic nitrogens is 3. The molecule has 21 heavy (non-hydrogen) atoms. The predicted octanol–water partition coefficient (Wildman–Crippen LogP) is 3.33. The lowest BCUT2D eigenvalue weighted by Gasteiger charge is -2.25. The molecule has 1 rings (SSSR count). The van der Waals surface area contributed by atoms with Crippen molar-refractivity contribution < 1.29 is 4.74 Å². The van der Waals surface area contributed by atoms with E-state index in [0.29, 0.717) is 24.5 Å². The summed E-state index contributed by atoms with van der Waals surface area (Å²) in [6.45, 7) is 10.0. The molecule has 0 bridgehead atoms. The Hall–Kier alpha value is -1.59. The molecule has 1 aromatic rings. The van der Waals surface area contributed by atoms with Gasteiger partial charge in [0.2, 0.25) is 11.9 Å².